The Morgan fingerprint density at radius 1 is 1.21 bits per heavy atom. The summed E-state index contributed by atoms with van der Waals surface area (Å²) in [5, 5.41) is 2.73. The maximum atomic E-state index is 13.4. The van der Waals surface area contributed by atoms with Gasteiger partial charge < -0.3 is 10.5 Å². The molecule has 4 nitrogen and oxygen atoms in total. The summed E-state index contributed by atoms with van der Waals surface area (Å²) in [5.41, 5.74) is 5.83. The van der Waals surface area contributed by atoms with Gasteiger partial charge in [0.2, 0.25) is 0 Å². The van der Waals surface area contributed by atoms with Crippen LogP contribution in [0.5, 0.6) is 5.75 Å². The molecule has 0 atom stereocenters. The number of hydrogen-bond donors (Lipinski definition) is 1. The standard InChI is InChI=1S/C13H10FN3OS/c14-9-3-1-2-4-10(9)18-7-11-16-12(15)8-5-6-19-13(8)17-11/h1-6H,7H2,(H2,15,16,17). The molecular weight excluding hydrogens is 265 g/mol. The van der Waals surface area contributed by atoms with E-state index in [-0.39, 0.29) is 12.4 Å². The first kappa shape index (κ1) is 11.9. The lowest BCUT2D eigenvalue weighted by Crippen LogP contribution is -2.04. The van der Waals surface area contributed by atoms with Crippen LogP contribution in [0.4, 0.5) is 10.2 Å². The third-order valence-electron chi connectivity index (χ3n) is 2.59. The normalized spacial score (nSPS) is 10.8. The molecule has 0 fully saturated rings. The van der Waals surface area contributed by atoms with Gasteiger partial charge in [-0.15, -0.1) is 11.3 Å². The number of halogens is 1. The van der Waals surface area contributed by atoms with E-state index in [1.54, 1.807) is 18.2 Å². The number of ether oxygens (including phenoxy) is 1. The topological polar surface area (TPSA) is 61.0 Å². The lowest BCUT2D eigenvalue weighted by atomic mass is 10.3. The summed E-state index contributed by atoms with van der Waals surface area (Å²) >= 11 is 1.48. The number of thiophene rings is 1. The maximum absolute atomic E-state index is 13.4. The fourth-order valence-corrected chi connectivity index (χ4v) is 2.48. The van der Waals surface area contributed by atoms with E-state index >= 15 is 0 Å². The van der Waals surface area contributed by atoms with Crippen molar-refractivity contribution in [1.82, 2.24) is 9.97 Å². The summed E-state index contributed by atoms with van der Waals surface area (Å²) in [4.78, 5) is 9.27. The number of nitrogens with zero attached hydrogens (tertiary/aromatic N) is 2. The van der Waals surface area contributed by atoms with Crippen molar-refractivity contribution in [2.75, 3.05) is 5.73 Å². The van der Waals surface area contributed by atoms with Gasteiger partial charge in [0.05, 0.1) is 5.39 Å². The number of para-hydroxylation sites is 1. The molecule has 0 unspecified atom stereocenters. The van der Waals surface area contributed by atoms with Gasteiger partial charge in [0, 0.05) is 0 Å². The van der Waals surface area contributed by atoms with Crippen LogP contribution in [0, 0.1) is 5.82 Å². The summed E-state index contributed by atoms with van der Waals surface area (Å²) in [6.45, 7) is 0.0823. The SMILES string of the molecule is Nc1nc(COc2ccccc2F)nc2sccc12. The molecule has 0 aliphatic heterocycles. The molecule has 0 saturated heterocycles. The van der Waals surface area contributed by atoms with Crippen LogP contribution in [0.2, 0.25) is 0 Å². The van der Waals surface area contributed by atoms with Crippen molar-refractivity contribution < 1.29 is 9.13 Å². The molecule has 0 aliphatic rings. The van der Waals surface area contributed by atoms with Crippen molar-refractivity contribution in [1.29, 1.82) is 0 Å². The molecule has 0 spiro atoms. The van der Waals surface area contributed by atoms with Crippen LogP contribution in [0.25, 0.3) is 10.2 Å². The Morgan fingerprint density at radius 2 is 2.05 bits per heavy atom. The molecule has 0 amide bonds. The smallest absolute Gasteiger partial charge is 0.169 e. The van der Waals surface area contributed by atoms with Crippen LogP contribution in [-0.4, -0.2) is 9.97 Å². The molecule has 96 valence electrons. The van der Waals surface area contributed by atoms with E-state index in [0.29, 0.717) is 11.6 Å². The van der Waals surface area contributed by atoms with Gasteiger partial charge in [-0.25, -0.2) is 14.4 Å². The maximum Gasteiger partial charge on any atom is 0.169 e. The van der Waals surface area contributed by atoms with Gasteiger partial charge >= 0.3 is 0 Å². The van der Waals surface area contributed by atoms with Crippen molar-refractivity contribution in [2.45, 2.75) is 6.61 Å². The number of nitrogens with two attached hydrogens (primary N) is 1. The molecule has 3 rings (SSSR count). The van der Waals surface area contributed by atoms with Crippen LogP contribution in [0.1, 0.15) is 5.82 Å². The highest BCUT2D eigenvalue weighted by molar-refractivity contribution is 7.16. The predicted octanol–water partition coefficient (Wildman–Crippen LogP) is 2.99. The van der Waals surface area contributed by atoms with E-state index in [9.17, 15) is 4.39 Å². The highest BCUT2D eigenvalue weighted by Gasteiger charge is 2.08. The van der Waals surface area contributed by atoms with Gasteiger partial charge in [0.25, 0.3) is 0 Å². The van der Waals surface area contributed by atoms with E-state index < -0.39 is 5.82 Å². The lowest BCUT2D eigenvalue weighted by Gasteiger charge is -2.06. The van der Waals surface area contributed by atoms with E-state index in [1.165, 1.54) is 17.4 Å². The summed E-state index contributed by atoms with van der Waals surface area (Å²) in [5.74, 6) is 0.623. The first-order valence-corrected chi connectivity index (χ1v) is 6.49. The number of benzene rings is 1. The Morgan fingerprint density at radius 3 is 2.89 bits per heavy atom. The molecular formula is C13H10FN3OS. The molecule has 1 aromatic carbocycles. The molecule has 0 aliphatic carbocycles. The summed E-state index contributed by atoms with van der Waals surface area (Å²) in [7, 11) is 0. The Bertz CT molecular complexity index is 729. The first-order chi connectivity index (χ1) is 9.24. The zero-order chi connectivity index (χ0) is 13.2. The van der Waals surface area contributed by atoms with Crippen molar-refractivity contribution in [2.24, 2.45) is 0 Å². The highest BCUT2D eigenvalue weighted by Crippen LogP contribution is 2.23. The average molecular weight is 275 g/mol. The summed E-state index contributed by atoms with van der Waals surface area (Å²) in [6.07, 6.45) is 0. The summed E-state index contributed by atoms with van der Waals surface area (Å²) < 4.78 is 18.7. The second-order valence-corrected chi connectivity index (χ2v) is 4.78. The number of fused-ring (bicyclic) bond motifs is 1. The van der Waals surface area contributed by atoms with Crippen LogP contribution in [0.3, 0.4) is 0 Å². The minimum atomic E-state index is -0.410. The van der Waals surface area contributed by atoms with Crippen LogP contribution < -0.4 is 10.5 Å². The third-order valence-corrected chi connectivity index (χ3v) is 3.40. The minimum absolute atomic E-state index is 0.0823. The predicted molar refractivity (Wildman–Crippen MR) is 72.6 cm³/mol. The molecule has 0 bridgehead atoms. The van der Waals surface area contributed by atoms with Crippen molar-refractivity contribution >= 4 is 27.4 Å². The Balaban J connectivity index is 1.84. The number of rotatable bonds is 3. The zero-order valence-corrected chi connectivity index (χ0v) is 10.7. The Labute approximate surface area is 112 Å². The second-order valence-electron chi connectivity index (χ2n) is 3.88. The van der Waals surface area contributed by atoms with Crippen LogP contribution in [0.15, 0.2) is 35.7 Å². The van der Waals surface area contributed by atoms with Crippen molar-refractivity contribution in [3.63, 3.8) is 0 Å². The van der Waals surface area contributed by atoms with E-state index in [1.807, 2.05) is 11.4 Å². The van der Waals surface area contributed by atoms with Crippen molar-refractivity contribution in [3.05, 3.63) is 47.4 Å². The van der Waals surface area contributed by atoms with E-state index in [4.69, 9.17) is 10.5 Å². The fraction of sp³-hybridized carbons (Fsp3) is 0.0769. The van der Waals surface area contributed by atoms with Crippen molar-refractivity contribution in [3.8, 4) is 5.75 Å². The van der Waals surface area contributed by atoms with E-state index in [0.717, 1.165) is 10.2 Å². The van der Waals surface area contributed by atoms with Crippen LogP contribution in [-0.2, 0) is 6.61 Å². The quantitative estimate of drug-likeness (QED) is 0.798. The number of anilines is 1. The number of nitrogen functional groups attached to an aromatic ring is 1. The van der Waals surface area contributed by atoms with Gasteiger partial charge in [-0.3, -0.25) is 0 Å². The van der Waals surface area contributed by atoms with Gasteiger partial charge in [0.15, 0.2) is 17.4 Å². The molecule has 6 heteroatoms. The monoisotopic (exact) mass is 275 g/mol. The molecule has 2 N–H and O–H groups in total. The Kier molecular flexibility index (Phi) is 3.00. The Hall–Kier alpha value is -2.21. The molecule has 0 saturated carbocycles. The second kappa shape index (κ2) is 4.81. The fourth-order valence-electron chi connectivity index (χ4n) is 1.69. The number of aromatic nitrogens is 2. The average Bonchev–Trinajstić information content (AvgIpc) is 2.87. The first-order valence-electron chi connectivity index (χ1n) is 5.61. The highest BCUT2D eigenvalue weighted by atomic mass is 32.1. The molecule has 19 heavy (non-hydrogen) atoms. The van der Waals surface area contributed by atoms with Gasteiger partial charge in [-0.05, 0) is 23.6 Å². The zero-order valence-electron chi connectivity index (χ0n) is 9.84. The minimum Gasteiger partial charge on any atom is -0.483 e. The lowest BCUT2D eigenvalue weighted by molar-refractivity contribution is 0.281. The van der Waals surface area contributed by atoms with Gasteiger partial charge in [-0.1, -0.05) is 12.1 Å². The third kappa shape index (κ3) is 2.34. The largest absolute Gasteiger partial charge is 0.483 e. The molecule has 2 heterocycles. The molecule has 3 aromatic rings. The molecule has 2 aromatic heterocycles. The summed E-state index contributed by atoms with van der Waals surface area (Å²) in [6, 6.07) is 8.08. The molecule has 0 radical (unpaired) electrons. The number of hydrogen-bond acceptors (Lipinski definition) is 5. The van der Waals surface area contributed by atoms with Gasteiger partial charge in [0.1, 0.15) is 17.3 Å². The van der Waals surface area contributed by atoms with E-state index in [2.05, 4.69) is 9.97 Å². The van der Waals surface area contributed by atoms with Gasteiger partial charge in [-0.2, -0.15) is 0 Å². The van der Waals surface area contributed by atoms with Crippen LogP contribution >= 0.6 is 11.3 Å².